The zero-order chi connectivity index (χ0) is 14.1. The maximum atomic E-state index is 2.55. The smallest absolute Gasteiger partial charge is 0.129 e. The minimum atomic E-state index is 0. The summed E-state index contributed by atoms with van der Waals surface area (Å²) in [6.45, 7) is 14.0. The molecule has 2 nitrogen and oxygen atoms in total. The molecule has 3 heterocycles. The lowest BCUT2D eigenvalue weighted by Crippen LogP contribution is -2.71. The van der Waals surface area contributed by atoms with E-state index < -0.39 is 0 Å². The number of piperazine rings is 1. The van der Waals surface area contributed by atoms with Crippen LogP contribution >= 0.6 is 24.8 Å². The molecule has 3 saturated heterocycles. The van der Waals surface area contributed by atoms with Gasteiger partial charge in [0.05, 0.1) is 25.2 Å². The molecular weight excluding hydrogens is 315 g/mol. The van der Waals surface area contributed by atoms with Crippen LogP contribution in [0.15, 0.2) is 0 Å². The lowest BCUT2D eigenvalue weighted by atomic mass is 10.0. The molecule has 2 atom stereocenters. The molecule has 2 radical (unpaired) electrons. The van der Waals surface area contributed by atoms with Crippen molar-refractivity contribution in [3.63, 3.8) is 0 Å². The van der Waals surface area contributed by atoms with Crippen LogP contribution < -0.4 is 0 Å². The molecule has 0 aromatic rings. The fraction of sp³-hybridized carbons (Fsp3) is 1.00. The number of nitrogens with zero attached hydrogens (tertiary/aromatic N) is 2. The van der Waals surface area contributed by atoms with Crippen LogP contribution in [0.2, 0.25) is 0 Å². The summed E-state index contributed by atoms with van der Waals surface area (Å²) in [5.41, 5.74) is 0. The van der Waals surface area contributed by atoms with Gasteiger partial charge in [0.15, 0.2) is 0 Å². The predicted molar refractivity (Wildman–Crippen MR) is 97.3 cm³/mol. The molecule has 0 N–H and O–H groups in total. The van der Waals surface area contributed by atoms with Crippen molar-refractivity contribution in [2.75, 3.05) is 39.3 Å². The van der Waals surface area contributed by atoms with Gasteiger partial charge in [0.25, 0.3) is 0 Å². The quantitative estimate of drug-likeness (QED) is 0.543. The van der Waals surface area contributed by atoms with Gasteiger partial charge in [-0.1, -0.05) is 0 Å². The SMILES string of the molecule is CC1CCCCC[N+]12CC[N+]1(CCCCCC1C)CC2.[Cl].[Cl]. The van der Waals surface area contributed by atoms with Gasteiger partial charge in [0, 0.05) is 24.8 Å². The van der Waals surface area contributed by atoms with E-state index in [0.717, 1.165) is 12.1 Å². The standard InChI is InChI=1S/C18H36N2.2Cl/c1-17-9-5-3-7-11-19(17)13-15-20(16-14-19)12-8-4-6-10-18(20)2;;/h17-18H,3-16H2,1-2H3;;/q+2;;. The summed E-state index contributed by atoms with van der Waals surface area (Å²) in [6, 6.07) is 1.86. The van der Waals surface area contributed by atoms with E-state index >= 15 is 0 Å². The van der Waals surface area contributed by atoms with Gasteiger partial charge >= 0.3 is 0 Å². The highest BCUT2D eigenvalue weighted by Gasteiger charge is 2.47. The Kier molecular flexibility index (Phi) is 7.99. The lowest BCUT2D eigenvalue weighted by Gasteiger charge is -2.53. The second kappa shape index (κ2) is 8.55. The van der Waals surface area contributed by atoms with Crippen molar-refractivity contribution >= 4 is 24.8 Å². The molecule has 2 unspecified atom stereocenters. The largest absolute Gasteiger partial charge is 0.312 e. The molecule has 0 aromatic heterocycles. The summed E-state index contributed by atoms with van der Waals surface area (Å²) in [4.78, 5) is 0. The topological polar surface area (TPSA) is 0 Å². The van der Waals surface area contributed by atoms with Crippen LogP contribution in [-0.4, -0.2) is 60.3 Å². The first-order chi connectivity index (χ1) is 9.67. The number of quaternary nitrogens is 2. The second-order valence-electron chi connectivity index (χ2n) is 8.18. The fourth-order valence-electron chi connectivity index (χ4n) is 5.42. The first-order valence-electron chi connectivity index (χ1n) is 9.38. The number of hydrogen-bond acceptors (Lipinski definition) is 0. The maximum Gasteiger partial charge on any atom is 0.129 e. The second-order valence-corrected chi connectivity index (χ2v) is 8.18. The Morgan fingerprint density at radius 1 is 0.500 bits per heavy atom. The molecule has 0 saturated carbocycles. The Morgan fingerprint density at radius 2 is 0.864 bits per heavy atom. The van der Waals surface area contributed by atoms with Crippen LogP contribution in [0.4, 0.5) is 0 Å². The van der Waals surface area contributed by atoms with Gasteiger partial charge in [-0.2, -0.15) is 0 Å². The highest BCUT2D eigenvalue weighted by Crippen LogP contribution is 2.33. The summed E-state index contributed by atoms with van der Waals surface area (Å²) >= 11 is 0. The molecule has 22 heavy (non-hydrogen) atoms. The van der Waals surface area contributed by atoms with Crippen LogP contribution in [0.3, 0.4) is 0 Å². The van der Waals surface area contributed by atoms with Gasteiger partial charge < -0.3 is 8.97 Å². The van der Waals surface area contributed by atoms with Crippen molar-refractivity contribution in [1.29, 1.82) is 0 Å². The van der Waals surface area contributed by atoms with E-state index in [4.69, 9.17) is 0 Å². The monoisotopic (exact) mass is 350 g/mol. The molecule has 3 aliphatic heterocycles. The molecule has 4 heteroatoms. The Balaban J connectivity index is 0.00000121. The summed E-state index contributed by atoms with van der Waals surface area (Å²) < 4.78 is 2.96. The van der Waals surface area contributed by atoms with E-state index in [9.17, 15) is 0 Å². The van der Waals surface area contributed by atoms with Gasteiger partial charge in [0.1, 0.15) is 26.2 Å². The average molecular weight is 351 g/mol. The van der Waals surface area contributed by atoms with E-state index in [1.54, 1.807) is 0 Å². The Labute approximate surface area is 150 Å². The third kappa shape index (κ3) is 3.94. The van der Waals surface area contributed by atoms with E-state index in [1.165, 1.54) is 99.6 Å². The number of halogens is 2. The van der Waals surface area contributed by atoms with Crippen LogP contribution in [0.5, 0.6) is 0 Å². The Hall–Kier alpha value is 0.500. The van der Waals surface area contributed by atoms with E-state index in [1.807, 2.05) is 0 Å². The lowest BCUT2D eigenvalue weighted by molar-refractivity contribution is -1.05. The first-order valence-corrected chi connectivity index (χ1v) is 9.38. The van der Waals surface area contributed by atoms with Crippen molar-refractivity contribution in [3.8, 4) is 0 Å². The molecule has 3 rings (SSSR count). The van der Waals surface area contributed by atoms with Gasteiger partial charge in [-0.25, -0.2) is 0 Å². The molecule has 130 valence electrons. The summed E-state index contributed by atoms with van der Waals surface area (Å²) in [6.07, 6.45) is 11.9. The molecule has 0 amide bonds. The minimum absolute atomic E-state index is 0. The molecule has 2 spiro atoms. The average Bonchev–Trinajstić information content (AvgIpc) is 2.74. The van der Waals surface area contributed by atoms with Crippen LogP contribution in [0.1, 0.15) is 65.2 Å². The van der Waals surface area contributed by atoms with Crippen molar-refractivity contribution in [2.45, 2.75) is 77.3 Å². The van der Waals surface area contributed by atoms with Gasteiger partial charge in [-0.05, 0) is 65.2 Å². The summed E-state index contributed by atoms with van der Waals surface area (Å²) in [5, 5.41) is 0. The fourth-order valence-corrected chi connectivity index (χ4v) is 5.42. The minimum Gasteiger partial charge on any atom is -0.312 e. The maximum absolute atomic E-state index is 2.55. The van der Waals surface area contributed by atoms with Crippen LogP contribution in [0, 0.1) is 0 Å². The van der Waals surface area contributed by atoms with E-state index in [0.29, 0.717) is 0 Å². The van der Waals surface area contributed by atoms with Crippen molar-refractivity contribution in [2.24, 2.45) is 0 Å². The molecule has 0 aromatic carbocycles. The highest BCUT2D eigenvalue weighted by molar-refractivity contribution is 5.85. The van der Waals surface area contributed by atoms with Gasteiger partial charge in [0.2, 0.25) is 0 Å². The highest BCUT2D eigenvalue weighted by atomic mass is 35.5. The molecule has 0 bridgehead atoms. The summed E-state index contributed by atoms with van der Waals surface area (Å²) in [5.74, 6) is 0. The molecular formula is C18H36Cl2N2+2. The van der Waals surface area contributed by atoms with Crippen molar-refractivity contribution < 1.29 is 8.97 Å². The first kappa shape index (κ1) is 20.5. The normalized spacial score (nSPS) is 42.8. The van der Waals surface area contributed by atoms with Crippen LogP contribution in [-0.2, 0) is 0 Å². The third-order valence-corrected chi connectivity index (χ3v) is 7.30. The van der Waals surface area contributed by atoms with Crippen LogP contribution in [0.25, 0.3) is 0 Å². The van der Waals surface area contributed by atoms with Crippen molar-refractivity contribution in [1.82, 2.24) is 0 Å². The predicted octanol–water partition coefficient (Wildman–Crippen LogP) is 4.94. The van der Waals surface area contributed by atoms with E-state index in [2.05, 4.69) is 13.8 Å². The van der Waals surface area contributed by atoms with Gasteiger partial charge in [-0.15, -0.1) is 0 Å². The van der Waals surface area contributed by atoms with Crippen molar-refractivity contribution in [3.05, 3.63) is 0 Å². The molecule has 3 fully saturated rings. The van der Waals surface area contributed by atoms with E-state index in [-0.39, 0.29) is 24.8 Å². The zero-order valence-corrected chi connectivity index (χ0v) is 16.2. The Morgan fingerprint density at radius 3 is 1.23 bits per heavy atom. The Bertz CT molecular complexity index is 295. The zero-order valence-electron chi connectivity index (χ0n) is 14.7. The summed E-state index contributed by atoms with van der Waals surface area (Å²) in [7, 11) is 0. The number of rotatable bonds is 0. The molecule has 3 aliphatic rings. The molecule has 0 aliphatic carbocycles. The van der Waals surface area contributed by atoms with Gasteiger partial charge in [-0.3, -0.25) is 0 Å². The third-order valence-electron chi connectivity index (χ3n) is 7.30. The number of hydrogen-bond donors (Lipinski definition) is 0.